The summed E-state index contributed by atoms with van der Waals surface area (Å²) in [6, 6.07) is 7.11. The molecule has 3 N–H and O–H groups in total. The molecule has 0 aliphatic carbocycles. The lowest BCUT2D eigenvalue weighted by atomic mass is 10.1. The molecule has 0 atom stereocenters. The minimum atomic E-state index is -3.78. The van der Waals surface area contributed by atoms with Gasteiger partial charge in [0.25, 0.3) is 10.0 Å². The molecule has 1 heterocycles. The average molecular weight is 295 g/mol. The highest BCUT2D eigenvalue weighted by atomic mass is 32.2. The normalized spacial score (nSPS) is 11.3. The summed E-state index contributed by atoms with van der Waals surface area (Å²) in [6.45, 7) is 1.85. The van der Waals surface area contributed by atoms with E-state index in [-0.39, 0.29) is 10.6 Å². The number of pyridine rings is 1. The lowest BCUT2D eigenvalue weighted by Crippen LogP contribution is -2.15. The topological polar surface area (TPSA) is 85.1 Å². The maximum Gasteiger partial charge on any atom is 0.262 e. The van der Waals surface area contributed by atoms with Gasteiger partial charge < -0.3 is 5.73 Å². The van der Waals surface area contributed by atoms with Crippen molar-refractivity contribution in [1.29, 1.82) is 0 Å². The van der Waals surface area contributed by atoms with Crippen LogP contribution in [-0.2, 0) is 16.4 Å². The Bertz CT molecular complexity index is 715. The van der Waals surface area contributed by atoms with Crippen molar-refractivity contribution in [3.8, 4) is 0 Å². The minimum absolute atomic E-state index is 0.115. The van der Waals surface area contributed by atoms with Gasteiger partial charge in [0.15, 0.2) is 0 Å². The second-order valence-electron chi connectivity index (χ2n) is 4.20. The van der Waals surface area contributed by atoms with E-state index in [0.29, 0.717) is 17.7 Å². The van der Waals surface area contributed by atoms with E-state index < -0.39 is 16.0 Å². The second kappa shape index (κ2) is 5.46. The lowest BCUT2D eigenvalue weighted by Gasteiger charge is -2.12. The van der Waals surface area contributed by atoms with Crippen LogP contribution in [0.2, 0.25) is 0 Å². The van der Waals surface area contributed by atoms with Gasteiger partial charge in [0, 0.05) is 5.69 Å². The standard InChI is InChI=1S/C13H14FN3O2S/c1-2-9-3-4-10(15)7-12(9)20(18,19)17-11-5-6-13(14)16-8-11/h3-8,17H,2,15H2,1H3. The highest BCUT2D eigenvalue weighted by molar-refractivity contribution is 7.92. The smallest absolute Gasteiger partial charge is 0.262 e. The zero-order chi connectivity index (χ0) is 14.8. The van der Waals surface area contributed by atoms with Gasteiger partial charge >= 0.3 is 0 Å². The van der Waals surface area contributed by atoms with E-state index in [2.05, 4.69) is 9.71 Å². The highest BCUT2D eigenvalue weighted by Crippen LogP contribution is 2.22. The Morgan fingerprint density at radius 2 is 2.05 bits per heavy atom. The second-order valence-corrected chi connectivity index (χ2v) is 5.85. The molecule has 0 aliphatic rings. The third-order valence-electron chi connectivity index (χ3n) is 2.74. The quantitative estimate of drug-likeness (QED) is 0.668. The Morgan fingerprint density at radius 3 is 2.65 bits per heavy atom. The van der Waals surface area contributed by atoms with E-state index >= 15 is 0 Å². The molecule has 20 heavy (non-hydrogen) atoms. The zero-order valence-corrected chi connectivity index (χ0v) is 11.6. The number of aromatic nitrogens is 1. The van der Waals surface area contributed by atoms with Crippen LogP contribution < -0.4 is 10.5 Å². The average Bonchev–Trinajstić information content (AvgIpc) is 2.41. The van der Waals surface area contributed by atoms with Gasteiger partial charge in [0.2, 0.25) is 5.95 Å². The number of halogens is 1. The number of benzene rings is 1. The van der Waals surface area contributed by atoms with Crippen LogP contribution in [0.1, 0.15) is 12.5 Å². The van der Waals surface area contributed by atoms with Crippen LogP contribution >= 0.6 is 0 Å². The number of sulfonamides is 1. The number of anilines is 2. The minimum Gasteiger partial charge on any atom is -0.399 e. The summed E-state index contributed by atoms with van der Waals surface area (Å²) in [7, 11) is -3.78. The fourth-order valence-electron chi connectivity index (χ4n) is 1.76. The molecule has 0 unspecified atom stereocenters. The van der Waals surface area contributed by atoms with Gasteiger partial charge in [0.1, 0.15) is 0 Å². The molecule has 0 radical (unpaired) electrons. The summed E-state index contributed by atoms with van der Waals surface area (Å²) in [5, 5.41) is 0. The number of nitrogens with zero attached hydrogens (tertiary/aromatic N) is 1. The summed E-state index contributed by atoms with van der Waals surface area (Å²) >= 11 is 0. The molecule has 1 aromatic heterocycles. The zero-order valence-electron chi connectivity index (χ0n) is 10.8. The third kappa shape index (κ3) is 3.05. The maximum absolute atomic E-state index is 12.7. The molecule has 0 bridgehead atoms. The molecule has 0 saturated carbocycles. The first-order valence-electron chi connectivity index (χ1n) is 5.95. The van der Waals surface area contributed by atoms with Crippen LogP contribution in [0.4, 0.5) is 15.8 Å². The first-order valence-corrected chi connectivity index (χ1v) is 7.43. The molecule has 1 aromatic carbocycles. The largest absolute Gasteiger partial charge is 0.399 e. The summed E-state index contributed by atoms with van der Waals surface area (Å²) in [5.74, 6) is -0.675. The molecule has 0 spiro atoms. The van der Waals surface area contributed by atoms with Crippen molar-refractivity contribution in [2.75, 3.05) is 10.5 Å². The Labute approximate surface area is 116 Å². The fraction of sp³-hybridized carbons (Fsp3) is 0.154. The van der Waals surface area contributed by atoms with Gasteiger partial charge in [-0.2, -0.15) is 4.39 Å². The van der Waals surface area contributed by atoms with E-state index in [1.807, 2.05) is 6.92 Å². The monoisotopic (exact) mass is 295 g/mol. The van der Waals surface area contributed by atoms with Crippen molar-refractivity contribution in [2.45, 2.75) is 18.2 Å². The number of hydrogen-bond donors (Lipinski definition) is 2. The van der Waals surface area contributed by atoms with Crippen LogP contribution in [0, 0.1) is 5.95 Å². The number of rotatable bonds is 4. The number of hydrogen-bond acceptors (Lipinski definition) is 4. The predicted molar refractivity (Wildman–Crippen MR) is 75.2 cm³/mol. The molecule has 5 nitrogen and oxygen atoms in total. The van der Waals surface area contributed by atoms with Crippen LogP contribution in [0.5, 0.6) is 0 Å². The molecular weight excluding hydrogens is 281 g/mol. The molecule has 0 amide bonds. The van der Waals surface area contributed by atoms with E-state index in [0.717, 1.165) is 12.3 Å². The van der Waals surface area contributed by atoms with Gasteiger partial charge in [0.05, 0.1) is 16.8 Å². The van der Waals surface area contributed by atoms with Crippen molar-refractivity contribution < 1.29 is 12.8 Å². The van der Waals surface area contributed by atoms with E-state index in [1.54, 1.807) is 12.1 Å². The Morgan fingerprint density at radius 1 is 1.30 bits per heavy atom. The molecule has 2 aromatic rings. The van der Waals surface area contributed by atoms with E-state index in [1.165, 1.54) is 12.1 Å². The number of nitrogen functional groups attached to an aromatic ring is 1. The van der Waals surface area contributed by atoms with Gasteiger partial charge in [-0.25, -0.2) is 13.4 Å². The maximum atomic E-state index is 12.7. The van der Waals surface area contributed by atoms with Gasteiger partial charge in [-0.15, -0.1) is 0 Å². The van der Waals surface area contributed by atoms with Crippen molar-refractivity contribution in [3.05, 3.63) is 48.0 Å². The Balaban J connectivity index is 2.40. The fourth-order valence-corrected chi connectivity index (χ4v) is 3.15. The van der Waals surface area contributed by atoms with Crippen molar-refractivity contribution in [3.63, 3.8) is 0 Å². The van der Waals surface area contributed by atoms with Crippen LogP contribution in [0.3, 0.4) is 0 Å². The Kier molecular flexibility index (Phi) is 3.89. The van der Waals surface area contributed by atoms with Gasteiger partial charge in [-0.3, -0.25) is 4.72 Å². The third-order valence-corrected chi connectivity index (χ3v) is 4.20. The van der Waals surface area contributed by atoms with E-state index in [9.17, 15) is 12.8 Å². The molecule has 0 aliphatic heterocycles. The SMILES string of the molecule is CCc1ccc(N)cc1S(=O)(=O)Nc1ccc(F)nc1. The summed E-state index contributed by atoms with van der Waals surface area (Å²) in [6.07, 6.45) is 1.67. The summed E-state index contributed by atoms with van der Waals surface area (Å²) in [5.41, 5.74) is 6.84. The van der Waals surface area contributed by atoms with Gasteiger partial charge in [-0.1, -0.05) is 13.0 Å². The number of nitrogens with one attached hydrogen (secondary N) is 1. The van der Waals surface area contributed by atoms with Crippen molar-refractivity contribution >= 4 is 21.4 Å². The van der Waals surface area contributed by atoms with Crippen molar-refractivity contribution in [1.82, 2.24) is 4.98 Å². The molecule has 2 rings (SSSR count). The van der Waals surface area contributed by atoms with Crippen LogP contribution in [-0.4, -0.2) is 13.4 Å². The molecule has 7 heteroatoms. The van der Waals surface area contributed by atoms with E-state index in [4.69, 9.17) is 5.73 Å². The molecule has 0 saturated heterocycles. The number of nitrogens with two attached hydrogens (primary N) is 1. The van der Waals surface area contributed by atoms with Crippen LogP contribution in [0.15, 0.2) is 41.4 Å². The Hall–Kier alpha value is -2.15. The summed E-state index contributed by atoms with van der Waals surface area (Å²) < 4.78 is 39.7. The van der Waals surface area contributed by atoms with Gasteiger partial charge in [-0.05, 0) is 36.2 Å². The first-order chi connectivity index (χ1) is 9.42. The number of aryl methyl sites for hydroxylation is 1. The summed E-state index contributed by atoms with van der Waals surface area (Å²) in [4.78, 5) is 3.51. The predicted octanol–water partition coefficient (Wildman–Crippen LogP) is 2.17. The lowest BCUT2D eigenvalue weighted by molar-refractivity contribution is 0.583. The molecule has 106 valence electrons. The molecule has 0 fully saturated rings. The van der Waals surface area contributed by atoms with Crippen molar-refractivity contribution in [2.24, 2.45) is 0 Å². The molecular formula is C13H14FN3O2S. The van der Waals surface area contributed by atoms with Crippen LogP contribution in [0.25, 0.3) is 0 Å². The highest BCUT2D eigenvalue weighted by Gasteiger charge is 2.18. The first kappa shape index (κ1) is 14.3.